The van der Waals surface area contributed by atoms with Crippen LogP contribution in [0.3, 0.4) is 0 Å². The summed E-state index contributed by atoms with van der Waals surface area (Å²) in [6.45, 7) is 0.555. The molecule has 3 aromatic carbocycles. The summed E-state index contributed by atoms with van der Waals surface area (Å²) in [6.07, 6.45) is 0.597. The molecular weight excluding hydrogens is 436 g/mol. The Morgan fingerprint density at radius 3 is 2.52 bits per heavy atom. The molecule has 0 aromatic heterocycles. The van der Waals surface area contributed by atoms with Crippen molar-refractivity contribution in [2.75, 3.05) is 6.54 Å². The first-order valence-corrected chi connectivity index (χ1v) is 11.3. The molecule has 6 nitrogen and oxygen atoms in total. The third-order valence-corrected chi connectivity index (χ3v) is 7.42. The van der Waals surface area contributed by atoms with E-state index in [1.165, 1.54) is 34.6 Å². The minimum atomic E-state index is -3.94. The summed E-state index contributed by atoms with van der Waals surface area (Å²) in [7, 11) is -3.94. The molecule has 0 radical (unpaired) electrons. The summed E-state index contributed by atoms with van der Waals surface area (Å²) in [4.78, 5) is 12.5. The fraction of sp³-hybridized carbons (Fsp3) is 0.130. The summed E-state index contributed by atoms with van der Waals surface area (Å²) >= 11 is 6.21. The average Bonchev–Trinajstić information content (AvgIpc) is 2.79. The van der Waals surface area contributed by atoms with Gasteiger partial charge in [-0.2, -0.15) is 9.57 Å². The van der Waals surface area contributed by atoms with Gasteiger partial charge in [0.2, 0.25) is 10.0 Å². The van der Waals surface area contributed by atoms with Crippen LogP contribution in [-0.4, -0.2) is 25.2 Å². The Hall–Kier alpha value is -3.18. The molecule has 31 heavy (non-hydrogen) atoms. The van der Waals surface area contributed by atoms with E-state index in [1.54, 1.807) is 12.1 Å². The van der Waals surface area contributed by atoms with Gasteiger partial charge >= 0.3 is 5.97 Å². The van der Waals surface area contributed by atoms with Crippen LogP contribution in [0, 0.1) is 11.3 Å². The van der Waals surface area contributed by atoms with Gasteiger partial charge in [-0.3, -0.25) is 0 Å². The van der Waals surface area contributed by atoms with Gasteiger partial charge in [0.15, 0.2) is 0 Å². The van der Waals surface area contributed by atoms with Crippen LogP contribution in [0.25, 0.3) is 0 Å². The Bertz CT molecular complexity index is 1320. The fourth-order valence-corrected chi connectivity index (χ4v) is 5.37. The molecule has 0 saturated heterocycles. The van der Waals surface area contributed by atoms with Crippen molar-refractivity contribution in [3.63, 3.8) is 0 Å². The van der Waals surface area contributed by atoms with E-state index in [2.05, 4.69) is 0 Å². The van der Waals surface area contributed by atoms with Crippen LogP contribution in [0.1, 0.15) is 27.0 Å². The molecule has 0 amide bonds. The second-order valence-corrected chi connectivity index (χ2v) is 9.31. The van der Waals surface area contributed by atoms with E-state index in [0.29, 0.717) is 13.0 Å². The second kappa shape index (κ2) is 8.52. The van der Waals surface area contributed by atoms with Crippen LogP contribution >= 0.6 is 11.6 Å². The van der Waals surface area contributed by atoms with Gasteiger partial charge in [-0.05, 0) is 47.9 Å². The maximum atomic E-state index is 13.3. The molecule has 1 aliphatic heterocycles. The van der Waals surface area contributed by atoms with Crippen LogP contribution in [0.15, 0.2) is 71.6 Å². The Morgan fingerprint density at radius 1 is 1.03 bits per heavy atom. The van der Waals surface area contributed by atoms with Crippen molar-refractivity contribution in [1.29, 1.82) is 5.26 Å². The summed E-state index contributed by atoms with van der Waals surface area (Å²) in [6, 6.07) is 19.9. The molecule has 3 aromatic rings. The molecule has 156 valence electrons. The number of rotatable bonds is 4. The van der Waals surface area contributed by atoms with Gasteiger partial charge in [0.25, 0.3) is 0 Å². The third-order valence-electron chi connectivity index (χ3n) is 5.09. The molecule has 1 aliphatic rings. The van der Waals surface area contributed by atoms with Gasteiger partial charge < -0.3 is 4.74 Å². The number of ether oxygens (including phenoxy) is 1. The van der Waals surface area contributed by atoms with E-state index in [9.17, 15) is 13.2 Å². The molecule has 0 spiro atoms. The maximum Gasteiger partial charge on any atom is 0.343 e. The molecule has 0 saturated carbocycles. The number of sulfonamides is 1. The highest BCUT2D eigenvalue weighted by Gasteiger charge is 2.30. The molecule has 0 fully saturated rings. The fourth-order valence-electron chi connectivity index (χ4n) is 3.45. The Labute approximate surface area is 185 Å². The van der Waals surface area contributed by atoms with E-state index in [-0.39, 0.29) is 33.3 Å². The molecule has 0 bridgehead atoms. The predicted molar refractivity (Wildman–Crippen MR) is 115 cm³/mol. The van der Waals surface area contributed by atoms with Crippen molar-refractivity contribution in [2.24, 2.45) is 0 Å². The number of halogens is 1. The highest BCUT2D eigenvalue weighted by Crippen LogP contribution is 2.30. The number of hydrogen-bond acceptors (Lipinski definition) is 5. The van der Waals surface area contributed by atoms with Crippen molar-refractivity contribution in [2.45, 2.75) is 17.9 Å². The SMILES string of the molecule is N#Cc1ccccc1OC(=O)c1ccc(Cl)c(S(=O)(=O)N2CCc3ccccc3C2)c1. The zero-order valence-corrected chi connectivity index (χ0v) is 17.9. The van der Waals surface area contributed by atoms with Crippen LogP contribution in [-0.2, 0) is 23.0 Å². The minimum Gasteiger partial charge on any atom is -0.422 e. The number of hydrogen-bond donors (Lipinski definition) is 0. The first-order valence-electron chi connectivity index (χ1n) is 9.48. The number of esters is 1. The average molecular weight is 453 g/mol. The molecule has 4 rings (SSSR count). The molecule has 1 heterocycles. The van der Waals surface area contributed by atoms with Gasteiger partial charge in [-0.25, -0.2) is 13.2 Å². The monoisotopic (exact) mass is 452 g/mol. The number of carbonyl (C=O) groups is 1. The summed E-state index contributed by atoms with van der Waals surface area (Å²) in [5.41, 5.74) is 2.28. The molecule has 0 N–H and O–H groups in total. The number of benzene rings is 3. The lowest BCUT2D eigenvalue weighted by atomic mass is 10.0. The Kier molecular flexibility index (Phi) is 5.79. The topological polar surface area (TPSA) is 87.5 Å². The van der Waals surface area contributed by atoms with Crippen molar-refractivity contribution < 1.29 is 17.9 Å². The first-order chi connectivity index (χ1) is 14.9. The van der Waals surface area contributed by atoms with Crippen LogP contribution in [0.4, 0.5) is 0 Å². The van der Waals surface area contributed by atoms with Crippen LogP contribution < -0.4 is 4.74 Å². The van der Waals surface area contributed by atoms with Crippen molar-refractivity contribution >= 4 is 27.6 Å². The zero-order chi connectivity index (χ0) is 22.0. The smallest absolute Gasteiger partial charge is 0.343 e. The first kappa shape index (κ1) is 21.1. The van der Waals surface area contributed by atoms with Gasteiger partial charge in [0, 0.05) is 13.1 Å². The maximum absolute atomic E-state index is 13.3. The van der Waals surface area contributed by atoms with E-state index < -0.39 is 16.0 Å². The van der Waals surface area contributed by atoms with Crippen LogP contribution in [0.5, 0.6) is 5.75 Å². The lowest BCUT2D eigenvalue weighted by Crippen LogP contribution is -2.36. The van der Waals surface area contributed by atoms with Gasteiger partial charge in [-0.15, -0.1) is 0 Å². The van der Waals surface area contributed by atoms with Crippen LogP contribution in [0.2, 0.25) is 5.02 Å². The summed E-state index contributed by atoms with van der Waals surface area (Å²) in [5.74, 6) is -0.679. The van der Waals surface area contributed by atoms with Gasteiger partial charge in [-0.1, -0.05) is 48.0 Å². The molecule has 8 heteroatoms. The van der Waals surface area contributed by atoms with E-state index in [0.717, 1.165) is 11.1 Å². The predicted octanol–water partition coefficient (Wildman–Crippen LogP) is 4.18. The van der Waals surface area contributed by atoms with Gasteiger partial charge in [0.1, 0.15) is 16.7 Å². The second-order valence-electron chi connectivity index (χ2n) is 7.00. The molecular formula is C23H17ClN2O4S. The number of para-hydroxylation sites is 1. The quantitative estimate of drug-likeness (QED) is 0.437. The standard InChI is InChI=1S/C23H17ClN2O4S/c24-20-10-9-17(23(27)30-21-8-4-3-6-18(21)14-25)13-22(20)31(28,29)26-12-11-16-5-1-2-7-19(16)15-26/h1-10,13H,11-12,15H2. The Balaban J connectivity index is 1.63. The lowest BCUT2D eigenvalue weighted by Gasteiger charge is -2.28. The molecule has 0 atom stereocenters. The summed E-state index contributed by atoms with van der Waals surface area (Å²) in [5, 5.41) is 9.18. The number of carbonyl (C=O) groups excluding carboxylic acids is 1. The van der Waals surface area contributed by atoms with E-state index in [1.807, 2.05) is 30.3 Å². The summed E-state index contributed by atoms with van der Waals surface area (Å²) < 4.78 is 33.3. The minimum absolute atomic E-state index is 0.0211. The molecule has 0 aliphatic carbocycles. The highest BCUT2D eigenvalue weighted by atomic mass is 35.5. The van der Waals surface area contributed by atoms with Crippen molar-refractivity contribution in [3.8, 4) is 11.8 Å². The molecule has 0 unspecified atom stereocenters. The van der Waals surface area contributed by atoms with E-state index in [4.69, 9.17) is 21.6 Å². The normalized spacial score (nSPS) is 13.8. The van der Waals surface area contributed by atoms with E-state index >= 15 is 0 Å². The number of nitriles is 1. The van der Waals surface area contributed by atoms with Gasteiger partial charge in [0.05, 0.1) is 16.1 Å². The number of fused-ring (bicyclic) bond motifs is 1. The zero-order valence-electron chi connectivity index (χ0n) is 16.3. The van der Waals surface area contributed by atoms with Crippen molar-refractivity contribution in [1.82, 2.24) is 4.31 Å². The lowest BCUT2D eigenvalue weighted by molar-refractivity contribution is 0.0734. The highest BCUT2D eigenvalue weighted by molar-refractivity contribution is 7.89. The largest absolute Gasteiger partial charge is 0.422 e. The van der Waals surface area contributed by atoms with Crippen molar-refractivity contribution in [3.05, 3.63) is 94.0 Å². The third kappa shape index (κ3) is 4.19. The Morgan fingerprint density at radius 2 is 1.74 bits per heavy atom. The number of nitrogens with zero attached hydrogens (tertiary/aromatic N) is 2.